The van der Waals surface area contributed by atoms with Crippen LogP contribution in [0.15, 0.2) is 71.6 Å². The summed E-state index contributed by atoms with van der Waals surface area (Å²) in [7, 11) is -4.16. The minimum atomic E-state index is -4.16. The highest BCUT2D eigenvalue weighted by atomic mass is 35.5. The van der Waals surface area contributed by atoms with Gasteiger partial charge in [-0.15, -0.1) is 0 Å². The molecule has 0 radical (unpaired) electrons. The van der Waals surface area contributed by atoms with E-state index in [-0.39, 0.29) is 23.4 Å². The third kappa shape index (κ3) is 8.18. The Morgan fingerprint density at radius 3 is 2.26 bits per heavy atom. The van der Waals surface area contributed by atoms with Gasteiger partial charge in [-0.2, -0.15) is 0 Å². The quantitative estimate of drug-likeness (QED) is 0.257. The van der Waals surface area contributed by atoms with E-state index in [2.05, 4.69) is 5.32 Å². The summed E-state index contributed by atoms with van der Waals surface area (Å²) in [6.45, 7) is 7.42. The second-order valence-corrected chi connectivity index (χ2v) is 13.8. The lowest BCUT2D eigenvalue weighted by Crippen LogP contribution is -2.54. The number of aryl methyl sites for hydroxylation is 3. The van der Waals surface area contributed by atoms with Gasteiger partial charge < -0.3 is 10.2 Å². The Morgan fingerprint density at radius 1 is 0.930 bits per heavy atom. The van der Waals surface area contributed by atoms with Crippen molar-refractivity contribution in [1.29, 1.82) is 0 Å². The number of nitrogens with one attached hydrogen (secondary N) is 1. The van der Waals surface area contributed by atoms with Crippen molar-refractivity contribution in [3.63, 3.8) is 0 Å². The van der Waals surface area contributed by atoms with E-state index in [1.807, 2.05) is 58.0 Å². The molecular weight excluding hydrogens is 582 g/mol. The lowest BCUT2D eigenvalue weighted by atomic mass is 9.95. The van der Waals surface area contributed by atoms with Gasteiger partial charge in [0.15, 0.2) is 0 Å². The van der Waals surface area contributed by atoms with E-state index in [4.69, 9.17) is 11.6 Å². The van der Waals surface area contributed by atoms with Crippen LogP contribution in [0.2, 0.25) is 5.02 Å². The first-order valence-electron chi connectivity index (χ1n) is 15.0. The lowest BCUT2D eigenvalue weighted by Gasteiger charge is -2.34. The highest BCUT2D eigenvalue weighted by Crippen LogP contribution is 2.28. The molecule has 43 heavy (non-hydrogen) atoms. The minimum absolute atomic E-state index is 0.0234. The molecule has 230 valence electrons. The van der Waals surface area contributed by atoms with Gasteiger partial charge in [0, 0.05) is 17.6 Å². The van der Waals surface area contributed by atoms with Crippen molar-refractivity contribution in [2.24, 2.45) is 0 Å². The van der Waals surface area contributed by atoms with Gasteiger partial charge in [0.1, 0.15) is 12.6 Å². The van der Waals surface area contributed by atoms with E-state index < -0.39 is 28.5 Å². The van der Waals surface area contributed by atoms with E-state index in [1.165, 1.54) is 24.3 Å². The van der Waals surface area contributed by atoms with Gasteiger partial charge in [-0.05, 0) is 93.1 Å². The van der Waals surface area contributed by atoms with Gasteiger partial charge in [0.05, 0.1) is 10.6 Å². The molecule has 0 bridgehead atoms. The molecule has 7 nitrogen and oxygen atoms in total. The number of anilines is 1. The number of carbonyl (C=O) groups excluding carboxylic acids is 2. The Labute approximate surface area is 261 Å². The molecule has 1 fully saturated rings. The van der Waals surface area contributed by atoms with Crippen LogP contribution in [-0.2, 0) is 26.2 Å². The first-order chi connectivity index (χ1) is 20.5. The van der Waals surface area contributed by atoms with Crippen LogP contribution >= 0.6 is 11.6 Å². The van der Waals surface area contributed by atoms with Crippen molar-refractivity contribution in [1.82, 2.24) is 10.2 Å². The summed E-state index contributed by atoms with van der Waals surface area (Å²) in [4.78, 5) is 29.6. The summed E-state index contributed by atoms with van der Waals surface area (Å²) in [5.41, 5.74) is 4.19. The molecule has 3 aromatic rings. The van der Waals surface area contributed by atoms with Crippen LogP contribution in [0.25, 0.3) is 0 Å². The molecule has 0 aromatic heterocycles. The number of carbonyl (C=O) groups is 2. The lowest BCUT2D eigenvalue weighted by molar-refractivity contribution is -0.140. The zero-order valence-electron chi connectivity index (χ0n) is 25.5. The van der Waals surface area contributed by atoms with Gasteiger partial charge in [0.25, 0.3) is 10.0 Å². The number of nitrogens with zero attached hydrogens (tertiary/aromatic N) is 2. The predicted molar refractivity (Wildman–Crippen MR) is 173 cm³/mol. The van der Waals surface area contributed by atoms with Gasteiger partial charge in [0.2, 0.25) is 11.8 Å². The van der Waals surface area contributed by atoms with E-state index in [0.29, 0.717) is 17.1 Å². The van der Waals surface area contributed by atoms with Crippen LogP contribution in [0.3, 0.4) is 0 Å². The Hall–Kier alpha value is -3.36. The number of hydrogen-bond acceptors (Lipinski definition) is 4. The van der Waals surface area contributed by atoms with Crippen molar-refractivity contribution in [3.05, 3.63) is 94.0 Å². The smallest absolute Gasteiger partial charge is 0.264 e. The highest BCUT2D eigenvalue weighted by Gasteiger charge is 2.34. The number of hydrogen-bond donors (Lipinski definition) is 1. The van der Waals surface area contributed by atoms with Crippen molar-refractivity contribution >= 4 is 39.1 Å². The molecule has 9 heteroatoms. The van der Waals surface area contributed by atoms with Gasteiger partial charge in [-0.25, -0.2) is 8.42 Å². The van der Waals surface area contributed by atoms with Gasteiger partial charge in [-0.1, -0.05) is 73.7 Å². The third-order valence-corrected chi connectivity index (χ3v) is 10.3. The second-order valence-electron chi connectivity index (χ2n) is 11.5. The summed E-state index contributed by atoms with van der Waals surface area (Å²) in [5, 5.41) is 3.59. The number of halogens is 1. The van der Waals surface area contributed by atoms with E-state index in [9.17, 15) is 18.0 Å². The zero-order chi connectivity index (χ0) is 31.1. The van der Waals surface area contributed by atoms with Crippen LogP contribution in [0.1, 0.15) is 67.7 Å². The number of rotatable bonds is 11. The van der Waals surface area contributed by atoms with E-state index in [1.54, 1.807) is 17.0 Å². The van der Waals surface area contributed by atoms with Crippen molar-refractivity contribution < 1.29 is 18.0 Å². The summed E-state index contributed by atoms with van der Waals surface area (Å²) >= 11 is 6.05. The summed E-state index contributed by atoms with van der Waals surface area (Å²) in [6, 6.07) is 18.4. The number of amides is 2. The molecule has 0 aliphatic heterocycles. The summed E-state index contributed by atoms with van der Waals surface area (Å²) < 4.78 is 29.3. The molecule has 1 atom stereocenters. The molecule has 1 saturated carbocycles. The van der Waals surface area contributed by atoms with Gasteiger partial charge in [-0.3, -0.25) is 13.9 Å². The van der Waals surface area contributed by atoms with Crippen LogP contribution in [0, 0.1) is 20.8 Å². The van der Waals surface area contributed by atoms with Crippen molar-refractivity contribution in [2.75, 3.05) is 10.8 Å². The van der Waals surface area contributed by atoms with E-state index in [0.717, 1.165) is 58.7 Å². The molecular formula is C34H42ClN3O4S. The zero-order valence-corrected chi connectivity index (χ0v) is 27.0. The summed E-state index contributed by atoms with van der Waals surface area (Å²) in [6.07, 6.45) is 5.55. The molecule has 2 amide bonds. The first kappa shape index (κ1) is 32.6. The number of benzene rings is 3. The maximum absolute atomic E-state index is 14.3. The fraction of sp³-hybridized carbons (Fsp3) is 0.412. The third-order valence-electron chi connectivity index (χ3n) is 8.23. The largest absolute Gasteiger partial charge is 0.352 e. The first-order valence-corrected chi connectivity index (χ1v) is 16.8. The Morgan fingerprint density at radius 2 is 1.63 bits per heavy atom. The van der Waals surface area contributed by atoms with Crippen LogP contribution in [0.4, 0.5) is 5.69 Å². The molecule has 0 unspecified atom stereocenters. The van der Waals surface area contributed by atoms with Crippen molar-refractivity contribution in [3.8, 4) is 0 Å². The van der Waals surface area contributed by atoms with Gasteiger partial charge >= 0.3 is 0 Å². The molecule has 4 rings (SSSR count). The van der Waals surface area contributed by atoms with Crippen LogP contribution < -0.4 is 9.62 Å². The monoisotopic (exact) mass is 623 g/mol. The van der Waals surface area contributed by atoms with Crippen LogP contribution in [0.5, 0.6) is 0 Å². The standard InChI is InChI=1S/C34H42ClN3O4S/c1-5-32(34(40)36-29-12-7-6-8-13-29)37(22-27-11-9-10-24(2)20-27)33(39)23-38(30-17-14-25(3)26(4)21-30)43(41,42)31-18-15-28(35)16-19-31/h9-11,14-21,29,32H,5-8,12-13,22-23H2,1-4H3,(H,36,40)/t32-/m0/s1. The average Bonchev–Trinajstić information content (AvgIpc) is 2.98. The fourth-order valence-corrected chi connectivity index (χ4v) is 7.15. The SMILES string of the molecule is CC[C@@H](C(=O)NC1CCCCC1)N(Cc1cccc(C)c1)C(=O)CN(c1ccc(C)c(C)c1)S(=O)(=O)c1ccc(Cl)cc1. The molecule has 1 aliphatic carbocycles. The predicted octanol–water partition coefficient (Wildman–Crippen LogP) is 6.72. The molecule has 0 heterocycles. The maximum atomic E-state index is 14.3. The number of sulfonamides is 1. The molecule has 0 saturated heterocycles. The highest BCUT2D eigenvalue weighted by molar-refractivity contribution is 7.92. The average molecular weight is 624 g/mol. The minimum Gasteiger partial charge on any atom is -0.352 e. The molecule has 3 aromatic carbocycles. The Balaban J connectivity index is 1.72. The molecule has 0 spiro atoms. The maximum Gasteiger partial charge on any atom is 0.264 e. The topological polar surface area (TPSA) is 86.8 Å². The Bertz CT molecular complexity index is 1540. The normalized spacial score (nSPS) is 14.6. The molecule has 1 N–H and O–H groups in total. The van der Waals surface area contributed by atoms with Crippen molar-refractivity contribution in [2.45, 2.75) is 89.7 Å². The van der Waals surface area contributed by atoms with E-state index >= 15 is 0 Å². The summed E-state index contributed by atoms with van der Waals surface area (Å²) in [5.74, 6) is -0.656. The van der Waals surface area contributed by atoms with Crippen LogP contribution in [-0.4, -0.2) is 43.8 Å². The molecule has 1 aliphatic rings. The Kier molecular flexibility index (Phi) is 10.9. The fourth-order valence-electron chi connectivity index (χ4n) is 5.61. The second kappa shape index (κ2) is 14.4.